The van der Waals surface area contributed by atoms with E-state index in [1.54, 1.807) is 43.5 Å². The topological polar surface area (TPSA) is 93.1 Å². The maximum atomic E-state index is 13.6. The third-order valence-electron chi connectivity index (χ3n) is 7.10. The van der Waals surface area contributed by atoms with Crippen LogP contribution in [-0.2, 0) is 14.6 Å². The summed E-state index contributed by atoms with van der Waals surface area (Å²) in [5, 5.41) is 10.1. The Bertz CT molecular complexity index is 1070. The lowest BCUT2D eigenvalue weighted by Gasteiger charge is -2.38. The van der Waals surface area contributed by atoms with Gasteiger partial charge in [-0.3, -0.25) is 4.79 Å². The van der Waals surface area contributed by atoms with E-state index in [0.29, 0.717) is 23.7 Å². The van der Waals surface area contributed by atoms with Crippen molar-refractivity contribution >= 4 is 15.8 Å². The molecule has 1 N–H and O–H groups in total. The monoisotopic (exact) mass is 459 g/mol. The maximum absolute atomic E-state index is 13.6. The van der Waals surface area contributed by atoms with Crippen LogP contribution in [0.25, 0.3) is 0 Å². The Balaban J connectivity index is 1.56. The van der Waals surface area contributed by atoms with Crippen molar-refractivity contribution in [1.29, 1.82) is 0 Å². The molecule has 1 saturated carbocycles. The summed E-state index contributed by atoms with van der Waals surface area (Å²) < 4.78 is 36.3. The fraction of sp³-hybridized carbons (Fsp3) is 0.458. The van der Waals surface area contributed by atoms with Crippen LogP contribution in [-0.4, -0.2) is 56.4 Å². The molecule has 1 spiro atoms. The van der Waals surface area contributed by atoms with Gasteiger partial charge < -0.3 is 19.5 Å². The van der Waals surface area contributed by atoms with Crippen LogP contribution < -0.4 is 9.47 Å². The number of hydrogen-bond acceptors (Lipinski definition) is 6. The molecule has 1 saturated heterocycles. The molecule has 2 fully saturated rings. The number of carbonyl (C=O) groups is 1. The van der Waals surface area contributed by atoms with E-state index in [0.717, 1.165) is 25.9 Å². The summed E-state index contributed by atoms with van der Waals surface area (Å²) in [6.45, 7) is 1.74. The minimum absolute atomic E-state index is 0.0203. The molecular formula is C24H29NO6S. The smallest absolute Gasteiger partial charge is 0.325 e. The van der Waals surface area contributed by atoms with Crippen molar-refractivity contribution in [3.8, 4) is 17.2 Å². The molecule has 0 aromatic heterocycles. The van der Waals surface area contributed by atoms with E-state index >= 15 is 0 Å². The van der Waals surface area contributed by atoms with E-state index in [1.807, 2.05) is 7.05 Å². The number of benzene rings is 2. The second-order valence-electron chi connectivity index (χ2n) is 9.03. The van der Waals surface area contributed by atoms with E-state index in [9.17, 15) is 18.3 Å². The summed E-state index contributed by atoms with van der Waals surface area (Å²) in [4.78, 5) is 14.6. The molecule has 32 heavy (non-hydrogen) atoms. The number of aliphatic carboxylic acids is 1. The molecule has 8 heteroatoms. The quantitative estimate of drug-likeness (QED) is 0.698. The minimum Gasteiger partial charge on any atom is -0.497 e. The van der Waals surface area contributed by atoms with E-state index in [1.165, 1.54) is 12.1 Å². The zero-order valence-electron chi connectivity index (χ0n) is 18.4. The van der Waals surface area contributed by atoms with Gasteiger partial charge in [-0.1, -0.05) is 0 Å². The number of carboxylic acid groups (broad SMARTS) is 1. The molecule has 7 nitrogen and oxygen atoms in total. The number of hydrogen-bond donors (Lipinski definition) is 1. The number of carboxylic acids is 1. The third-order valence-corrected chi connectivity index (χ3v) is 9.55. The Labute approximate surface area is 188 Å². The minimum atomic E-state index is -4.07. The summed E-state index contributed by atoms with van der Waals surface area (Å²) in [7, 11) is -0.451. The molecule has 1 aliphatic carbocycles. The Hall–Kier alpha value is -2.58. The van der Waals surface area contributed by atoms with Crippen molar-refractivity contribution in [2.75, 3.05) is 27.2 Å². The highest BCUT2D eigenvalue weighted by atomic mass is 32.2. The van der Waals surface area contributed by atoms with Crippen LogP contribution in [0.5, 0.6) is 17.2 Å². The van der Waals surface area contributed by atoms with Crippen LogP contribution in [0, 0.1) is 5.41 Å². The van der Waals surface area contributed by atoms with Gasteiger partial charge in [0.05, 0.1) is 12.0 Å². The van der Waals surface area contributed by atoms with E-state index in [4.69, 9.17) is 9.47 Å². The molecule has 1 atom stereocenters. The zero-order chi connectivity index (χ0) is 23.0. The molecule has 0 bridgehead atoms. The van der Waals surface area contributed by atoms with Crippen LogP contribution in [0.1, 0.15) is 32.1 Å². The Morgan fingerprint density at radius 1 is 0.906 bits per heavy atom. The van der Waals surface area contributed by atoms with Crippen molar-refractivity contribution in [2.24, 2.45) is 5.41 Å². The number of likely N-dealkylation sites (tertiary alicyclic amines) is 1. The number of sulfone groups is 1. The van der Waals surface area contributed by atoms with Crippen LogP contribution in [0.2, 0.25) is 0 Å². The highest BCUT2D eigenvalue weighted by molar-refractivity contribution is 7.93. The van der Waals surface area contributed by atoms with E-state index < -0.39 is 20.6 Å². The first kappa shape index (κ1) is 22.6. The largest absolute Gasteiger partial charge is 0.497 e. The first-order valence-electron chi connectivity index (χ1n) is 10.8. The highest BCUT2D eigenvalue weighted by Crippen LogP contribution is 2.54. The fourth-order valence-electron chi connectivity index (χ4n) is 4.99. The second kappa shape index (κ2) is 8.41. The SMILES string of the molecule is COc1ccc(Oc2ccc(S(=O)(=O)C3(C(=O)O)CCC4(CCN(C)CC4)C3)cc2)cc1. The third kappa shape index (κ3) is 3.97. The second-order valence-corrected chi connectivity index (χ2v) is 11.3. The lowest BCUT2D eigenvalue weighted by molar-refractivity contribution is -0.140. The normalized spacial score (nSPS) is 23.2. The fourth-order valence-corrected chi connectivity index (χ4v) is 7.03. The predicted octanol–water partition coefficient (Wildman–Crippen LogP) is 3.98. The van der Waals surface area contributed by atoms with Crippen molar-refractivity contribution in [3.63, 3.8) is 0 Å². The molecule has 2 aliphatic rings. The Morgan fingerprint density at radius 2 is 1.44 bits per heavy atom. The lowest BCUT2D eigenvalue weighted by Crippen LogP contribution is -2.46. The first-order chi connectivity index (χ1) is 15.2. The maximum Gasteiger partial charge on any atom is 0.325 e. The number of ether oxygens (including phenoxy) is 2. The standard InChI is InChI=1S/C24H29NO6S/c1-25-15-13-23(14-16-25)11-12-24(17-23,22(26)27)32(28,29)21-9-7-20(8-10-21)31-19-5-3-18(30-2)4-6-19/h3-10H,11-17H2,1-2H3,(H,26,27). The van der Waals surface area contributed by atoms with Gasteiger partial charge in [0.15, 0.2) is 14.6 Å². The van der Waals surface area contributed by atoms with Gasteiger partial charge in [0, 0.05) is 0 Å². The van der Waals surface area contributed by atoms with Gasteiger partial charge in [-0.2, -0.15) is 0 Å². The molecule has 2 aromatic carbocycles. The van der Waals surface area contributed by atoms with Crippen molar-refractivity contribution in [1.82, 2.24) is 4.90 Å². The summed E-state index contributed by atoms with van der Waals surface area (Å²) in [5.74, 6) is 0.517. The van der Waals surface area contributed by atoms with Crippen LogP contribution in [0.15, 0.2) is 53.4 Å². The Morgan fingerprint density at radius 3 is 1.97 bits per heavy atom. The molecular weight excluding hydrogens is 430 g/mol. The van der Waals surface area contributed by atoms with Crippen LogP contribution in [0.4, 0.5) is 0 Å². The molecule has 4 rings (SSSR count). The Kier molecular flexibility index (Phi) is 5.94. The molecule has 2 aromatic rings. The number of methoxy groups -OCH3 is 1. The van der Waals surface area contributed by atoms with E-state index in [2.05, 4.69) is 4.90 Å². The number of nitrogens with zero attached hydrogens (tertiary/aromatic N) is 1. The number of piperidine rings is 1. The van der Waals surface area contributed by atoms with E-state index in [-0.39, 0.29) is 23.2 Å². The van der Waals surface area contributed by atoms with Gasteiger partial charge >= 0.3 is 5.97 Å². The summed E-state index contributed by atoms with van der Waals surface area (Å²) in [5.41, 5.74) is -0.213. The average molecular weight is 460 g/mol. The molecule has 0 amide bonds. The predicted molar refractivity (Wildman–Crippen MR) is 120 cm³/mol. The van der Waals surface area contributed by atoms with Crippen molar-refractivity contribution < 1.29 is 27.8 Å². The van der Waals surface area contributed by atoms with Crippen LogP contribution >= 0.6 is 0 Å². The molecule has 1 unspecified atom stereocenters. The van der Waals surface area contributed by atoms with Gasteiger partial charge in [0.1, 0.15) is 17.2 Å². The summed E-state index contributed by atoms with van der Waals surface area (Å²) in [6, 6.07) is 13.1. The zero-order valence-corrected chi connectivity index (χ0v) is 19.2. The first-order valence-corrected chi connectivity index (χ1v) is 12.3. The highest BCUT2D eigenvalue weighted by Gasteiger charge is 2.60. The van der Waals surface area contributed by atoms with Gasteiger partial charge in [-0.15, -0.1) is 0 Å². The molecule has 0 radical (unpaired) electrons. The molecule has 1 heterocycles. The summed E-state index contributed by atoms with van der Waals surface area (Å²) in [6.07, 6.45) is 2.63. The van der Waals surface area contributed by atoms with Crippen molar-refractivity contribution in [2.45, 2.75) is 41.7 Å². The van der Waals surface area contributed by atoms with Gasteiger partial charge in [-0.05, 0) is 106 Å². The van der Waals surface area contributed by atoms with Gasteiger partial charge in [0.25, 0.3) is 0 Å². The molecule has 1 aliphatic heterocycles. The number of rotatable bonds is 6. The molecule has 172 valence electrons. The average Bonchev–Trinajstić information content (AvgIpc) is 3.18. The van der Waals surface area contributed by atoms with Gasteiger partial charge in [-0.25, -0.2) is 8.42 Å². The van der Waals surface area contributed by atoms with Crippen LogP contribution in [0.3, 0.4) is 0 Å². The lowest BCUT2D eigenvalue weighted by atomic mass is 9.76. The van der Waals surface area contributed by atoms with Crippen molar-refractivity contribution in [3.05, 3.63) is 48.5 Å². The summed E-state index contributed by atoms with van der Waals surface area (Å²) >= 11 is 0. The van der Waals surface area contributed by atoms with Gasteiger partial charge in [0.2, 0.25) is 0 Å².